The van der Waals surface area contributed by atoms with Crippen LogP contribution in [0.3, 0.4) is 0 Å². The van der Waals surface area contributed by atoms with E-state index in [-0.39, 0.29) is 5.63 Å². The van der Waals surface area contributed by atoms with E-state index in [1.54, 1.807) is 6.92 Å². The van der Waals surface area contributed by atoms with Crippen LogP contribution in [-0.4, -0.2) is 0 Å². The minimum Gasteiger partial charge on any atom is -0.422 e. The minimum absolute atomic E-state index is 0.244. The van der Waals surface area contributed by atoms with Gasteiger partial charge in [-0.3, -0.25) is 0 Å². The highest BCUT2D eigenvalue weighted by Gasteiger charge is 2.09. The minimum atomic E-state index is -0.244. The molecule has 3 aromatic rings. The van der Waals surface area contributed by atoms with Gasteiger partial charge in [0, 0.05) is 16.3 Å². The smallest absolute Gasteiger partial charge is 0.339 e. The topological polar surface area (TPSA) is 30.2 Å². The summed E-state index contributed by atoms with van der Waals surface area (Å²) in [6.07, 6.45) is 0. The lowest BCUT2D eigenvalue weighted by atomic mass is 10.0. The summed E-state index contributed by atoms with van der Waals surface area (Å²) in [6.45, 7) is 3.76. The Balaban J connectivity index is 2.64. The molecule has 0 aliphatic heterocycles. The van der Waals surface area contributed by atoms with Gasteiger partial charge in [-0.1, -0.05) is 36.4 Å². The lowest BCUT2D eigenvalue weighted by Crippen LogP contribution is -2.05. The molecule has 2 nitrogen and oxygen atoms in total. The molecule has 0 unspecified atom stereocenters. The lowest BCUT2D eigenvalue weighted by molar-refractivity contribution is 0.557. The first-order valence-electron chi connectivity index (χ1n) is 5.60. The molecule has 84 valence electrons. The fourth-order valence-electron chi connectivity index (χ4n) is 2.17. The van der Waals surface area contributed by atoms with Crippen LogP contribution in [-0.2, 0) is 0 Å². The van der Waals surface area contributed by atoms with E-state index in [9.17, 15) is 4.79 Å². The van der Waals surface area contributed by atoms with Crippen molar-refractivity contribution < 1.29 is 4.42 Å². The summed E-state index contributed by atoms with van der Waals surface area (Å²) in [7, 11) is 0. The molecule has 1 aromatic heterocycles. The molecule has 0 radical (unpaired) electrons. The van der Waals surface area contributed by atoms with Gasteiger partial charge >= 0.3 is 5.63 Å². The summed E-state index contributed by atoms with van der Waals surface area (Å²) in [4.78, 5) is 11.7. The SMILES string of the molecule is Cc1c(C)c2ccc3ccccc3c2oc1=O. The molecule has 17 heavy (non-hydrogen) atoms. The Morgan fingerprint density at radius 3 is 2.47 bits per heavy atom. The van der Waals surface area contributed by atoms with Gasteiger partial charge in [-0.25, -0.2) is 4.79 Å². The van der Waals surface area contributed by atoms with E-state index >= 15 is 0 Å². The maximum absolute atomic E-state index is 11.7. The standard InChI is InChI=1S/C15H12O2/c1-9-10(2)15(16)17-14-12(9)8-7-11-5-3-4-6-13(11)14/h3-8H,1-2H3. The van der Waals surface area contributed by atoms with Crippen LogP contribution in [0, 0.1) is 13.8 Å². The monoisotopic (exact) mass is 224 g/mol. The molecule has 1 heterocycles. The second kappa shape index (κ2) is 3.45. The molecule has 0 atom stereocenters. The largest absolute Gasteiger partial charge is 0.422 e. The molecule has 0 fully saturated rings. The predicted octanol–water partition coefficient (Wildman–Crippen LogP) is 3.56. The Labute approximate surface area is 98.5 Å². The summed E-state index contributed by atoms with van der Waals surface area (Å²) in [5.41, 5.74) is 2.14. The Kier molecular flexibility index (Phi) is 2.05. The van der Waals surface area contributed by atoms with Crippen LogP contribution in [0.2, 0.25) is 0 Å². The molecule has 2 heteroatoms. The number of benzene rings is 2. The van der Waals surface area contributed by atoms with Crippen molar-refractivity contribution in [3.05, 3.63) is 57.9 Å². The zero-order valence-electron chi connectivity index (χ0n) is 9.78. The fourth-order valence-corrected chi connectivity index (χ4v) is 2.17. The summed E-state index contributed by atoms with van der Waals surface area (Å²) in [5, 5.41) is 3.09. The summed E-state index contributed by atoms with van der Waals surface area (Å²) >= 11 is 0. The summed E-state index contributed by atoms with van der Waals surface area (Å²) in [5.74, 6) is 0. The van der Waals surface area contributed by atoms with Crippen molar-refractivity contribution in [1.82, 2.24) is 0 Å². The van der Waals surface area contributed by atoms with Crippen molar-refractivity contribution in [3.63, 3.8) is 0 Å². The molecular weight excluding hydrogens is 212 g/mol. The molecular formula is C15H12O2. The zero-order valence-corrected chi connectivity index (χ0v) is 9.78. The van der Waals surface area contributed by atoms with E-state index in [1.807, 2.05) is 37.3 Å². The number of hydrogen-bond acceptors (Lipinski definition) is 2. The first-order chi connectivity index (χ1) is 8.18. The maximum atomic E-state index is 11.7. The molecule has 0 aliphatic rings. The lowest BCUT2D eigenvalue weighted by Gasteiger charge is -2.06. The summed E-state index contributed by atoms with van der Waals surface area (Å²) < 4.78 is 5.43. The van der Waals surface area contributed by atoms with E-state index in [2.05, 4.69) is 6.07 Å². The molecule has 0 spiro atoms. The number of rotatable bonds is 0. The third kappa shape index (κ3) is 1.37. The van der Waals surface area contributed by atoms with Gasteiger partial charge in [-0.05, 0) is 24.8 Å². The van der Waals surface area contributed by atoms with Crippen molar-refractivity contribution in [2.24, 2.45) is 0 Å². The molecule has 0 bridgehead atoms. The Morgan fingerprint density at radius 2 is 1.65 bits per heavy atom. The average Bonchev–Trinajstić information content (AvgIpc) is 2.36. The van der Waals surface area contributed by atoms with Crippen molar-refractivity contribution in [3.8, 4) is 0 Å². The van der Waals surface area contributed by atoms with Crippen LogP contribution in [0.1, 0.15) is 11.1 Å². The van der Waals surface area contributed by atoms with Crippen molar-refractivity contribution >= 4 is 21.7 Å². The van der Waals surface area contributed by atoms with Gasteiger partial charge in [0.05, 0.1) is 0 Å². The highest BCUT2D eigenvalue weighted by atomic mass is 16.4. The predicted molar refractivity (Wildman–Crippen MR) is 69.5 cm³/mol. The Bertz CT molecular complexity index is 782. The maximum Gasteiger partial charge on any atom is 0.339 e. The molecule has 2 aromatic carbocycles. The van der Waals surface area contributed by atoms with Crippen molar-refractivity contribution in [1.29, 1.82) is 0 Å². The fraction of sp³-hybridized carbons (Fsp3) is 0.133. The third-order valence-electron chi connectivity index (χ3n) is 3.35. The van der Waals surface area contributed by atoms with E-state index in [1.165, 1.54) is 0 Å². The molecule has 0 saturated carbocycles. The number of hydrogen-bond donors (Lipinski definition) is 0. The van der Waals surface area contributed by atoms with E-state index in [0.717, 1.165) is 21.7 Å². The first kappa shape index (κ1) is 10.1. The van der Waals surface area contributed by atoms with Gasteiger partial charge in [0.15, 0.2) is 0 Å². The van der Waals surface area contributed by atoms with Gasteiger partial charge < -0.3 is 4.42 Å². The average molecular weight is 224 g/mol. The van der Waals surface area contributed by atoms with Gasteiger partial charge in [-0.15, -0.1) is 0 Å². The van der Waals surface area contributed by atoms with Crippen LogP contribution in [0.25, 0.3) is 21.7 Å². The molecule has 0 N–H and O–H groups in total. The van der Waals surface area contributed by atoms with E-state index in [4.69, 9.17) is 4.42 Å². The highest BCUT2D eigenvalue weighted by Crippen LogP contribution is 2.27. The molecule has 0 amide bonds. The molecule has 0 saturated heterocycles. The molecule has 3 rings (SSSR count). The number of aryl methyl sites for hydroxylation is 1. The highest BCUT2D eigenvalue weighted by molar-refractivity contribution is 6.04. The third-order valence-corrected chi connectivity index (χ3v) is 3.35. The van der Waals surface area contributed by atoms with Crippen LogP contribution in [0.4, 0.5) is 0 Å². The van der Waals surface area contributed by atoms with Crippen molar-refractivity contribution in [2.75, 3.05) is 0 Å². The van der Waals surface area contributed by atoms with Gasteiger partial charge in [0.2, 0.25) is 0 Å². The summed E-state index contributed by atoms with van der Waals surface area (Å²) in [6, 6.07) is 12.0. The normalized spacial score (nSPS) is 11.2. The van der Waals surface area contributed by atoms with Crippen molar-refractivity contribution in [2.45, 2.75) is 13.8 Å². The van der Waals surface area contributed by atoms with E-state index in [0.29, 0.717) is 11.1 Å². The van der Waals surface area contributed by atoms with Crippen LogP contribution >= 0.6 is 0 Å². The quantitative estimate of drug-likeness (QED) is 0.431. The first-order valence-corrected chi connectivity index (χ1v) is 5.60. The Morgan fingerprint density at radius 1 is 0.882 bits per heavy atom. The Hall–Kier alpha value is -2.09. The second-order valence-electron chi connectivity index (χ2n) is 4.30. The van der Waals surface area contributed by atoms with Crippen LogP contribution in [0.15, 0.2) is 45.6 Å². The number of fused-ring (bicyclic) bond motifs is 3. The van der Waals surface area contributed by atoms with E-state index < -0.39 is 0 Å². The second-order valence-corrected chi connectivity index (χ2v) is 4.30. The van der Waals surface area contributed by atoms with Crippen LogP contribution in [0.5, 0.6) is 0 Å². The van der Waals surface area contributed by atoms with Gasteiger partial charge in [0.25, 0.3) is 0 Å². The molecule has 0 aliphatic carbocycles. The van der Waals surface area contributed by atoms with Crippen LogP contribution < -0.4 is 5.63 Å². The van der Waals surface area contributed by atoms with Gasteiger partial charge in [0.1, 0.15) is 5.58 Å². The van der Waals surface area contributed by atoms with Gasteiger partial charge in [-0.2, -0.15) is 0 Å². The zero-order chi connectivity index (χ0) is 12.0.